The Balaban J connectivity index is 2.07. The van der Waals surface area contributed by atoms with E-state index in [2.05, 4.69) is 4.90 Å². The zero-order valence-corrected chi connectivity index (χ0v) is 14.5. The quantitative estimate of drug-likeness (QED) is 0.769. The third-order valence-electron chi connectivity index (χ3n) is 4.03. The molecule has 1 aliphatic heterocycles. The summed E-state index contributed by atoms with van der Waals surface area (Å²) in [5.41, 5.74) is 0.249. The number of amides is 1. The van der Waals surface area contributed by atoms with Crippen molar-refractivity contribution in [2.75, 3.05) is 52.2 Å². The summed E-state index contributed by atoms with van der Waals surface area (Å²) in [6.45, 7) is 6.06. The standard InChI is InChI=1S/C16H24N2O4S/c1-3-23(20,21)15-7-5-4-6-14(15)16(19)17(2)8-9-18-10-12-22-13-11-18/h4-7H,3,8-13H2,1-2H3. The van der Waals surface area contributed by atoms with Gasteiger partial charge in [0, 0.05) is 33.2 Å². The molecule has 6 nitrogen and oxygen atoms in total. The number of carbonyl (C=O) groups is 1. The molecule has 0 radical (unpaired) electrons. The van der Waals surface area contributed by atoms with Crippen LogP contribution in [0.25, 0.3) is 0 Å². The van der Waals surface area contributed by atoms with Crippen LogP contribution in [-0.4, -0.2) is 76.3 Å². The Hall–Kier alpha value is -1.44. The van der Waals surface area contributed by atoms with E-state index in [0.29, 0.717) is 6.54 Å². The van der Waals surface area contributed by atoms with Gasteiger partial charge >= 0.3 is 0 Å². The van der Waals surface area contributed by atoms with Gasteiger partial charge < -0.3 is 9.64 Å². The first-order valence-electron chi connectivity index (χ1n) is 7.83. The third-order valence-corrected chi connectivity index (χ3v) is 5.82. The number of rotatable bonds is 6. The van der Waals surface area contributed by atoms with E-state index in [4.69, 9.17) is 4.74 Å². The largest absolute Gasteiger partial charge is 0.379 e. The Labute approximate surface area is 137 Å². The zero-order chi connectivity index (χ0) is 16.9. The van der Waals surface area contributed by atoms with Gasteiger partial charge in [0.25, 0.3) is 5.91 Å². The van der Waals surface area contributed by atoms with E-state index < -0.39 is 9.84 Å². The van der Waals surface area contributed by atoms with Crippen LogP contribution >= 0.6 is 0 Å². The molecule has 0 bridgehead atoms. The average molecular weight is 340 g/mol. The van der Waals surface area contributed by atoms with Gasteiger partial charge in [0.05, 0.1) is 29.4 Å². The van der Waals surface area contributed by atoms with Gasteiger partial charge in [-0.1, -0.05) is 19.1 Å². The lowest BCUT2D eigenvalue weighted by Gasteiger charge is -2.28. The first-order valence-corrected chi connectivity index (χ1v) is 9.48. The number of morpholine rings is 1. The van der Waals surface area contributed by atoms with Crippen molar-refractivity contribution in [2.45, 2.75) is 11.8 Å². The molecule has 7 heteroatoms. The molecule has 1 amide bonds. The summed E-state index contributed by atoms with van der Waals surface area (Å²) in [4.78, 5) is 16.6. The summed E-state index contributed by atoms with van der Waals surface area (Å²) in [7, 11) is -1.71. The van der Waals surface area contributed by atoms with Gasteiger partial charge in [0.2, 0.25) is 0 Å². The molecule has 0 aliphatic carbocycles. The molecule has 0 atom stereocenters. The molecule has 1 fully saturated rings. The van der Waals surface area contributed by atoms with Crippen molar-refractivity contribution in [1.29, 1.82) is 0 Å². The van der Waals surface area contributed by atoms with Gasteiger partial charge in [0.15, 0.2) is 9.84 Å². The van der Waals surface area contributed by atoms with Crippen molar-refractivity contribution < 1.29 is 17.9 Å². The highest BCUT2D eigenvalue weighted by atomic mass is 32.2. The van der Waals surface area contributed by atoms with Crippen LogP contribution in [0.5, 0.6) is 0 Å². The number of likely N-dealkylation sites (N-methyl/N-ethyl adjacent to an activating group) is 1. The molecule has 1 aromatic carbocycles. The third kappa shape index (κ3) is 4.53. The molecule has 1 aliphatic rings. The van der Waals surface area contributed by atoms with Crippen LogP contribution in [0, 0.1) is 0 Å². The highest BCUT2D eigenvalue weighted by Crippen LogP contribution is 2.18. The zero-order valence-electron chi connectivity index (χ0n) is 13.7. The topological polar surface area (TPSA) is 66.9 Å². The lowest BCUT2D eigenvalue weighted by Crippen LogP contribution is -2.42. The fourth-order valence-corrected chi connectivity index (χ4v) is 3.58. The summed E-state index contributed by atoms with van der Waals surface area (Å²) in [6.07, 6.45) is 0. The fourth-order valence-electron chi connectivity index (χ4n) is 2.49. The highest BCUT2D eigenvalue weighted by Gasteiger charge is 2.23. The van der Waals surface area contributed by atoms with Crippen LogP contribution in [0.4, 0.5) is 0 Å². The van der Waals surface area contributed by atoms with E-state index in [-0.39, 0.29) is 22.1 Å². The second-order valence-electron chi connectivity index (χ2n) is 5.58. The normalized spacial score (nSPS) is 16.3. The minimum absolute atomic E-state index is 0.0191. The lowest BCUT2D eigenvalue weighted by atomic mass is 10.2. The lowest BCUT2D eigenvalue weighted by molar-refractivity contribution is 0.0338. The van der Waals surface area contributed by atoms with Crippen molar-refractivity contribution in [3.05, 3.63) is 29.8 Å². The minimum atomic E-state index is -3.42. The van der Waals surface area contributed by atoms with Gasteiger partial charge in [-0.15, -0.1) is 0 Å². The summed E-state index contributed by atoms with van der Waals surface area (Å²) < 4.78 is 29.6. The molecular formula is C16H24N2O4S. The van der Waals surface area contributed by atoms with Gasteiger partial charge in [-0.2, -0.15) is 0 Å². The van der Waals surface area contributed by atoms with Crippen LogP contribution in [-0.2, 0) is 14.6 Å². The number of sulfone groups is 1. The van der Waals surface area contributed by atoms with Crippen molar-refractivity contribution >= 4 is 15.7 Å². The van der Waals surface area contributed by atoms with Crippen molar-refractivity contribution in [3.63, 3.8) is 0 Å². The monoisotopic (exact) mass is 340 g/mol. The summed E-state index contributed by atoms with van der Waals surface area (Å²) in [5, 5.41) is 0. The number of hydrogen-bond acceptors (Lipinski definition) is 5. The Morgan fingerprint density at radius 3 is 2.57 bits per heavy atom. The predicted octanol–water partition coefficient (Wildman–Crippen LogP) is 0.884. The SMILES string of the molecule is CCS(=O)(=O)c1ccccc1C(=O)N(C)CCN1CCOCC1. The van der Waals surface area contributed by atoms with E-state index in [9.17, 15) is 13.2 Å². The highest BCUT2D eigenvalue weighted by molar-refractivity contribution is 7.91. The summed E-state index contributed by atoms with van der Waals surface area (Å²) in [5.74, 6) is -0.278. The molecule has 0 saturated carbocycles. The van der Waals surface area contributed by atoms with Crippen molar-refractivity contribution in [1.82, 2.24) is 9.80 Å². The van der Waals surface area contributed by atoms with Crippen LogP contribution < -0.4 is 0 Å². The van der Waals surface area contributed by atoms with Crippen LogP contribution in [0.3, 0.4) is 0 Å². The number of benzene rings is 1. The summed E-state index contributed by atoms with van der Waals surface area (Å²) >= 11 is 0. The Kier molecular flexibility index (Phi) is 6.15. The maximum atomic E-state index is 12.6. The van der Waals surface area contributed by atoms with Crippen LogP contribution in [0.15, 0.2) is 29.2 Å². The second-order valence-corrected chi connectivity index (χ2v) is 7.83. The van der Waals surface area contributed by atoms with Crippen molar-refractivity contribution in [2.24, 2.45) is 0 Å². The van der Waals surface area contributed by atoms with Gasteiger partial charge in [-0.25, -0.2) is 8.42 Å². The van der Waals surface area contributed by atoms with Gasteiger partial charge in [-0.05, 0) is 12.1 Å². The molecule has 23 heavy (non-hydrogen) atoms. The first kappa shape index (κ1) is 17.9. The van der Waals surface area contributed by atoms with Crippen molar-refractivity contribution in [3.8, 4) is 0 Å². The number of hydrogen-bond donors (Lipinski definition) is 0. The molecule has 2 rings (SSSR count). The molecule has 128 valence electrons. The number of carbonyl (C=O) groups excluding carboxylic acids is 1. The molecule has 1 aromatic rings. The predicted molar refractivity (Wildman–Crippen MR) is 88.4 cm³/mol. The first-order chi connectivity index (χ1) is 11.0. The van der Waals surface area contributed by atoms with E-state index >= 15 is 0 Å². The molecule has 0 N–H and O–H groups in total. The molecular weight excluding hydrogens is 316 g/mol. The van der Waals surface area contributed by atoms with E-state index in [1.165, 1.54) is 6.07 Å². The number of ether oxygens (including phenoxy) is 1. The van der Waals surface area contributed by atoms with Crippen LogP contribution in [0.2, 0.25) is 0 Å². The maximum absolute atomic E-state index is 12.6. The van der Waals surface area contributed by atoms with E-state index in [1.807, 2.05) is 0 Å². The van der Waals surface area contributed by atoms with E-state index in [0.717, 1.165) is 32.8 Å². The molecule has 1 heterocycles. The Bertz CT molecular complexity index is 639. The molecule has 0 aromatic heterocycles. The summed E-state index contributed by atoms with van der Waals surface area (Å²) in [6, 6.07) is 6.42. The molecule has 0 spiro atoms. The van der Waals surface area contributed by atoms with E-state index in [1.54, 1.807) is 37.1 Å². The molecule has 0 unspecified atom stereocenters. The fraction of sp³-hybridized carbons (Fsp3) is 0.562. The molecule has 1 saturated heterocycles. The number of nitrogens with zero attached hydrogens (tertiary/aromatic N) is 2. The Morgan fingerprint density at radius 2 is 1.91 bits per heavy atom. The van der Waals surface area contributed by atoms with Gasteiger partial charge in [0.1, 0.15) is 0 Å². The minimum Gasteiger partial charge on any atom is -0.379 e. The maximum Gasteiger partial charge on any atom is 0.254 e. The van der Waals surface area contributed by atoms with Gasteiger partial charge in [-0.3, -0.25) is 9.69 Å². The van der Waals surface area contributed by atoms with Crippen LogP contribution in [0.1, 0.15) is 17.3 Å². The smallest absolute Gasteiger partial charge is 0.254 e. The second kappa shape index (κ2) is 7.90. The average Bonchev–Trinajstić information content (AvgIpc) is 2.60. The Morgan fingerprint density at radius 1 is 1.26 bits per heavy atom.